The van der Waals surface area contributed by atoms with Crippen LogP contribution in [0.5, 0.6) is 0 Å². The number of hydrogen-bond acceptors (Lipinski definition) is 2. The smallest absolute Gasteiger partial charge is 0.146 e. The van der Waals surface area contributed by atoms with E-state index in [9.17, 15) is 9.59 Å². The van der Waals surface area contributed by atoms with Crippen LogP contribution >= 0.6 is 0 Å². The first kappa shape index (κ1) is 7.45. The van der Waals surface area contributed by atoms with Gasteiger partial charge >= 0.3 is 0 Å². The van der Waals surface area contributed by atoms with E-state index in [1.807, 2.05) is 6.92 Å². The molecule has 10 heavy (non-hydrogen) atoms. The quantitative estimate of drug-likeness (QED) is 0.405. The monoisotopic (exact) mass is 140 g/mol. The van der Waals surface area contributed by atoms with Crippen LogP contribution in [-0.4, -0.2) is 12.1 Å². The van der Waals surface area contributed by atoms with Crippen LogP contribution in [0.4, 0.5) is 0 Å². The summed E-state index contributed by atoms with van der Waals surface area (Å²) in [6.45, 7) is 3.73. The van der Waals surface area contributed by atoms with E-state index in [4.69, 9.17) is 0 Å². The SMILES string of the molecule is C[C@H]1CC(=O)[C@](C)(C=O)C1. The van der Waals surface area contributed by atoms with E-state index in [-0.39, 0.29) is 5.78 Å². The normalized spacial score (nSPS) is 40.2. The summed E-state index contributed by atoms with van der Waals surface area (Å²) in [5, 5.41) is 0. The van der Waals surface area contributed by atoms with E-state index in [0.717, 1.165) is 12.7 Å². The number of Topliss-reactive ketones (excluding diaryl/α,β-unsaturated/α-hetero) is 1. The van der Waals surface area contributed by atoms with Crippen molar-refractivity contribution in [3.05, 3.63) is 0 Å². The average Bonchev–Trinajstić information content (AvgIpc) is 2.09. The lowest BCUT2D eigenvalue weighted by molar-refractivity contribution is -0.130. The van der Waals surface area contributed by atoms with Gasteiger partial charge in [-0.2, -0.15) is 0 Å². The van der Waals surface area contributed by atoms with Crippen molar-refractivity contribution in [1.82, 2.24) is 0 Å². The molecule has 0 bridgehead atoms. The number of aldehydes is 1. The first-order chi connectivity index (χ1) is 4.58. The van der Waals surface area contributed by atoms with Crippen molar-refractivity contribution < 1.29 is 9.59 Å². The lowest BCUT2D eigenvalue weighted by Crippen LogP contribution is -2.22. The third-order valence-electron chi connectivity index (χ3n) is 2.20. The number of carbonyl (C=O) groups excluding carboxylic acids is 2. The summed E-state index contributed by atoms with van der Waals surface area (Å²) in [5.74, 6) is 0.498. The Morgan fingerprint density at radius 3 is 2.50 bits per heavy atom. The number of ketones is 1. The maximum atomic E-state index is 11.1. The van der Waals surface area contributed by atoms with Gasteiger partial charge in [-0.15, -0.1) is 0 Å². The zero-order valence-corrected chi connectivity index (χ0v) is 6.39. The van der Waals surface area contributed by atoms with Gasteiger partial charge in [-0.3, -0.25) is 4.79 Å². The molecule has 0 amide bonds. The topological polar surface area (TPSA) is 34.1 Å². The largest absolute Gasteiger partial charge is 0.302 e. The minimum atomic E-state index is -0.653. The van der Waals surface area contributed by atoms with E-state index in [0.29, 0.717) is 12.3 Å². The Morgan fingerprint density at radius 2 is 2.30 bits per heavy atom. The van der Waals surface area contributed by atoms with Gasteiger partial charge in [-0.1, -0.05) is 6.92 Å². The molecule has 0 aromatic carbocycles. The van der Waals surface area contributed by atoms with Gasteiger partial charge in [0.25, 0.3) is 0 Å². The average molecular weight is 140 g/mol. The molecule has 56 valence electrons. The van der Waals surface area contributed by atoms with Gasteiger partial charge in [0.2, 0.25) is 0 Å². The molecule has 0 radical (unpaired) electrons. The third kappa shape index (κ3) is 0.981. The highest BCUT2D eigenvalue weighted by Crippen LogP contribution is 2.35. The number of hydrogen-bond donors (Lipinski definition) is 0. The minimum absolute atomic E-state index is 0.106. The van der Waals surface area contributed by atoms with Crippen LogP contribution in [0.25, 0.3) is 0 Å². The van der Waals surface area contributed by atoms with E-state index in [1.165, 1.54) is 0 Å². The highest BCUT2D eigenvalue weighted by Gasteiger charge is 2.40. The second-order valence-corrected chi connectivity index (χ2v) is 3.47. The fraction of sp³-hybridized carbons (Fsp3) is 0.750. The van der Waals surface area contributed by atoms with Crippen LogP contribution in [0.1, 0.15) is 26.7 Å². The first-order valence-electron chi connectivity index (χ1n) is 3.58. The zero-order chi connectivity index (χ0) is 7.78. The first-order valence-corrected chi connectivity index (χ1v) is 3.58. The van der Waals surface area contributed by atoms with Gasteiger partial charge in [-0.25, -0.2) is 0 Å². The zero-order valence-electron chi connectivity index (χ0n) is 6.39. The molecule has 1 rings (SSSR count). The fourth-order valence-corrected chi connectivity index (χ4v) is 1.57. The molecule has 1 saturated carbocycles. The van der Waals surface area contributed by atoms with Crippen molar-refractivity contribution in [1.29, 1.82) is 0 Å². The molecular weight excluding hydrogens is 128 g/mol. The van der Waals surface area contributed by atoms with Crippen molar-refractivity contribution in [2.75, 3.05) is 0 Å². The third-order valence-corrected chi connectivity index (χ3v) is 2.20. The van der Waals surface area contributed by atoms with Crippen LogP contribution in [0.3, 0.4) is 0 Å². The Balaban J connectivity index is 2.80. The van der Waals surface area contributed by atoms with Crippen molar-refractivity contribution in [3.8, 4) is 0 Å². The molecule has 2 atom stereocenters. The lowest BCUT2D eigenvalue weighted by atomic mass is 9.89. The Labute approximate surface area is 60.6 Å². The molecular formula is C8H12O2. The molecule has 1 fully saturated rings. The summed E-state index contributed by atoms with van der Waals surface area (Å²) < 4.78 is 0. The Morgan fingerprint density at radius 1 is 1.70 bits per heavy atom. The van der Waals surface area contributed by atoms with E-state index < -0.39 is 5.41 Å². The van der Waals surface area contributed by atoms with Gasteiger partial charge in [0.05, 0.1) is 5.41 Å². The highest BCUT2D eigenvalue weighted by atomic mass is 16.1. The van der Waals surface area contributed by atoms with Crippen LogP contribution < -0.4 is 0 Å². The summed E-state index contributed by atoms with van der Waals surface area (Å²) in [4.78, 5) is 21.6. The molecule has 2 nitrogen and oxygen atoms in total. The molecule has 0 heterocycles. The van der Waals surface area contributed by atoms with Gasteiger partial charge in [0.15, 0.2) is 0 Å². The Bertz CT molecular complexity index is 174. The van der Waals surface area contributed by atoms with Crippen molar-refractivity contribution >= 4 is 12.1 Å². The Kier molecular flexibility index (Phi) is 1.63. The number of carbonyl (C=O) groups is 2. The summed E-state index contributed by atoms with van der Waals surface area (Å²) in [7, 11) is 0. The summed E-state index contributed by atoms with van der Waals surface area (Å²) in [5.41, 5.74) is -0.653. The molecule has 0 N–H and O–H groups in total. The molecule has 0 saturated heterocycles. The molecule has 1 aliphatic carbocycles. The summed E-state index contributed by atoms with van der Waals surface area (Å²) >= 11 is 0. The van der Waals surface area contributed by atoms with Crippen LogP contribution in [0.15, 0.2) is 0 Å². The maximum Gasteiger partial charge on any atom is 0.146 e. The van der Waals surface area contributed by atoms with Crippen LogP contribution in [-0.2, 0) is 9.59 Å². The lowest BCUT2D eigenvalue weighted by Gasteiger charge is -2.11. The molecule has 0 spiro atoms. The van der Waals surface area contributed by atoms with Crippen molar-refractivity contribution in [2.24, 2.45) is 11.3 Å². The van der Waals surface area contributed by atoms with E-state index in [2.05, 4.69) is 0 Å². The van der Waals surface area contributed by atoms with Gasteiger partial charge < -0.3 is 4.79 Å². The maximum absolute atomic E-state index is 11.1. The molecule has 2 heteroatoms. The minimum Gasteiger partial charge on any atom is -0.302 e. The van der Waals surface area contributed by atoms with Gasteiger partial charge in [-0.05, 0) is 19.3 Å². The Hall–Kier alpha value is -0.660. The molecule has 0 aromatic rings. The molecule has 0 aromatic heterocycles. The number of rotatable bonds is 1. The highest BCUT2D eigenvalue weighted by molar-refractivity contribution is 5.99. The predicted octanol–water partition coefficient (Wildman–Crippen LogP) is 1.19. The second kappa shape index (κ2) is 2.19. The van der Waals surface area contributed by atoms with E-state index in [1.54, 1.807) is 6.92 Å². The molecule has 0 unspecified atom stereocenters. The van der Waals surface area contributed by atoms with Gasteiger partial charge in [0.1, 0.15) is 12.1 Å². The second-order valence-electron chi connectivity index (χ2n) is 3.47. The van der Waals surface area contributed by atoms with Gasteiger partial charge in [0, 0.05) is 6.42 Å². The summed E-state index contributed by atoms with van der Waals surface area (Å²) in [6, 6.07) is 0. The molecule has 1 aliphatic rings. The van der Waals surface area contributed by atoms with Crippen molar-refractivity contribution in [3.63, 3.8) is 0 Å². The molecule has 0 aliphatic heterocycles. The van der Waals surface area contributed by atoms with Crippen molar-refractivity contribution in [2.45, 2.75) is 26.7 Å². The predicted molar refractivity (Wildman–Crippen MR) is 37.6 cm³/mol. The fourth-order valence-electron chi connectivity index (χ4n) is 1.57. The summed E-state index contributed by atoms with van der Waals surface area (Å²) in [6.07, 6.45) is 2.10. The standard InChI is InChI=1S/C8H12O2/c1-6-3-7(10)8(2,4-6)5-9/h5-6H,3-4H2,1-2H3/t6-,8-/m0/s1. The van der Waals surface area contributed by atoms with Crippen LogP contribution in [0.2, 0.25) is 0 Å². The van der Waals surface area contributed by atoms with Crippen LogP contribution in [0, 0.1) is 11.3 Å². The van der Waals surface area contributed by atoms with E-state index >= 15 is 0 Å².